The Kier molecular flexibility index (Phi) is 6.30. The molecule has 0 fully saturated rings. The van der Waals surface area contributed by atoms with Crippen LogP contribution in [0.2, 0.25) is 0 Å². The van der Waals surface area contributed by atoms with Crippen molar-refractivity contribution in [1.29, 1.82) is 0 Å². The Morgan fingerprint density at radius 1 is 1.53 bits per heavy atom. The van der Waals surface area contributed by atoms with Gasteiger partial charge >= 0.3 is 0 Å². The molecule has 0 aliphatic heterocycles. The van der Waals surface area contributed by atoms with E-state index < -0.39 is 10.0 Å². The van der Waals surface area contributed by atoms with Gasteiger partial charge in [-0.1, -0.05) is 12.1 Å². The summed E-state index contributed by atoms with van der Waals surface area (Å²) >= 11 is 0. The fourth-order valence-corrected chi connectivity index (χ4v) is 2.30. The van der Waals surface area contributed by atoms with Crippen molar-refractivity contribution in [2.24, 2.45) is 10.7 Å². The van der Waals surface area contributed by atoms with Crippen LogP contribution in [0.1, 0.15) is 19.0 Å². The second kappa shape index (κ2) is 7.74. The number of nitrogens with one attached hydrogen (secondary N) is 2. The van der Waals surface area contributed by atoms with Gasteiger partial charge < -0.3 is 15.6 Å². The first-order valence-electron chi connectivity index (χ1n) is 5.94. The Morgan fingerprint density at radius 2 is 2.32 bits per heavy atom. The summed E-state index contributed by atoms with van der Waals surface area (Å²) in [6.45, 7) is 3.24. The summed E-state index contributed by atoms with van der Waals surface area (Å²) in [7, 11) is -3.41. The molecule has 0 saturated carbocycles. The van der Waals surface area contributed by atoms with Gasteiger partial charge in [0.05, 0.1) is 5.69 Å². The van der Waals surface area contributed by atoms with Gasteiger partial charge in [-0.3, -0.25) is 4.99 Å². The smallest absolute Gasteiger partial charge is 0.217 e. The Morgan fingerprint density at radius 3 is 2.95 bits per heavy atom. The Bertz CT molecular complexity index is 483. The summed E-state index contributed by atoms with van der Waals surface area (Å²) in [5.74, 6) is 0.112. The zero-order valence-corrected chi connectivity index (χ0v) is 11.6. The van der Waals surface area contributed by atoms with Crippen LogP contribution >= 0.6 is 0 Å². The van der Waals surface area contributed by atoms with E-state index >= 15 is 0 Å². The van der Waals surface area contributed by atoms with E-state index in [-0.39, 0.29) is 12.3 Å². The largest absolute Gasteiger partial charge is 0.370 e. The highest BCUT2D eigenvalue weighted by atomic mass is 32.2. The molecule has 1 aromatic rings. The Hall–Kier alpha value is -1.61. The van der Waals surface area contributed by atoms with Gasteiger partial charge in [0.1, 0.15) is 12.0 Å². The number of hydrogen-bond acceptors (Lipinski definition) is 5. The second-order valence-corrected chi connectivity index (χ2v) is 5.64. The van der Waals surface area contributed by atoms with E-state index in [1.165, 1.54) is 12.3 Å². The predicted octanol–water partition coefficient (Wildman–Crippen LogP) is -0.592. The minimum Gasteiger partial charge on any atom is -0.370 e. The molecular weight excluding hydrogens is 270 g/mol. The third-order valence-corrected chi connectivity index (χ3v) is 3.41. The van der Waals surface area contributed by atoms with E-state index in [4.69, 9.17) is 5.73 Å². The summed E-state index contributed by atoms with van der Waals surface area (Å²) < 4.78 is 30.3. The maximum Gasteiger partial charge on any atom is 0.217 e. The van der Waals surface area contributed by atoms with E-state index in [1.807, 2.05) is 6.92 Å². The number of rotatable bonds is 8. The molecule has 1 heterocycles. The zero-order chi connectivity index (χ0) is 14.1. The van der Waals surface area contributed by atoms with E-state index in [2.05, 4.69) is 24.7 Å². The van der Waals surface area contributed by atoms with Crippen molar-refractivity contribution < 1.29 is 12.9 Å². The van der Waals surface area contributed by atoms with Crippen LogP contribution in [0.4, 0.5) is 0 Å². The molecule has 1 aromatic heterocycles. The second-order valence-electron chi connectivity index (χ2n) is 3.84. The lowest BCUT2D eigenvalue weighted by Crippen LogP contribution is -2.38. The van der Waals surface area contributed by atoms with Gasteiger partial charge in [-0.05, 0) is 6.42 Å². The van der Waals surface area contributed by atoms with Gasteiger partial charge in [0.25, 0.3) is 0 Å². The number of sulfonamides is 1. The first-order chi connectivity index (χ1) is 9.03. The molecule has 8 nitrogen and oxygen atoms in total. The molecule has 0 aliphatic rings. The SMILES string of the molecule is CCCN=C(N)NCCNS(=O)(=O)Cc1ccon1. The maximum atomic E-state index is 11.6. The van der Waals surface area contributed by atoms with Crippen LogP contribution in [0.5, 0.6) is 0 Å². The van der Waals surface area contributed by atoms with Gasteiger partial charge in [0.2, 0.25) is 10.0 Å². The summed E-state index contributed by atoms with van der Waals surface area (Å²) in [6.07, 6.45) is 2.24. The van der Waals surface area contributed by atoms with E-state index in [9.17, 15) is 8.42 Å². The zero-order valence-electron chi connectivity index (χ0n) is 10.8. The average molecular weight is 289 g/mol. The quantitative estimate of drug-likeness (QED) is 0.334. The van der Waals surface area contributed by atoms with Crippen LogP contribution in [0.15, 0.2) is 21.8 Å². The standard InChI is InChI=1S/C10H19N5O3S/c1-2-4-12-10(11)13-5-6-14-19(16,17)8-9-3-7-18-15-9/h3,7,14H,2,4-6,8H2,1H3,(H3,11,12,13). The number of aromatic nitrogens is 1. The molecule has 0 aliphatic carbocycles. The number of hydrogen-bond donors (Lipinski definition) is 3. The number of nitrogens with two attached hydrogens (primary N) is 1. The Balaban J connectivity index is 2.25. The molecular formula is C10H19N5O3S. The highest BCUT2D eigenvalue weighted by Gasteiger charge is 2.12. The van der Waals surface area contributed by atoms with Crippen molar-refractivity contribution in [3.8, 4) is 0 Å². The van der Waals surface area contributed by atoms with Crippen LogP contribution < -0.4 is 15.8 Å². The first kappa shape index (κ1) is 15.4. The number of guanidine groups is 1. The Labute approximate surface area is 112 Å². The van der Waals surface area contributed by atoms with E-state index in [0.717, 1.165) is 6.42 Å². The fraction of sp³-hybridized carbons (Fsp3) is 0.600. The van der Waals surface area contributed by atoms with E-state index in [0.29, 0.717) is 24.7 Å². The van der Waals surface area contributed by atoms with E-state index in [1.54, 1.807) is 0 Å². The van der Waals surface area contributed by atoms with Gasteiger partial charge in [-0.2, -0.15) is 0 Å². The van der Waals surface area contributed by atoms with Crippen LogP contribution in [0, 0.1) is 0 Å². The molecule has 0 bridgehead atoms. The predicted molar refractivity (Wildman–Crippen MR) is 71.9 cm³/mol. The highest BCUT2D eigenvalue weighted by molar-refractivity contribution is 7.88. The van der Waals surface area contributed by atoms with Crippen LogP contribution in [0.25, 0.3) is 0 Å². The van der Waals surface area contributed by atoms with Crippen molar-refractivity contribution in [2.75, 3.05) is 19.6 Å². The molecule has 19 heavy (non-hydrogen) atoms. The lowest BCUT2D eigenvalue weighted by Gasteiger charge is -2.07. The van der Waals surface area contributed by atoms with Gasteiger partial charge in [-0.15, -0.1) is 0 Å². The van der Waals surface area contributed by atoms with Crippen molar-refractivity contribution in [1.82, 2.24) is 15.2 Å². The molecule has 0 unspecified atom stereocenters. The van der Waals surface area contributed by atoms with Crippen LogP contribution in [0.3, 0.4) is 0 Å². The molecule has 0 aromatic carbocycles. The molecule has 9 heteroatoms. The molecule has 108 valence electrons. The van der Waals surface area contributed by atoms with Gasteiger partial charge in [0.15, 0.2) is 5.96 Å². The average Bonchev–Trinajstić information content (AvgIpc) is 2.84. The van der Waals surface area contributed by atoms with Crippen molar-refractivity contribution >= 4 is 16.0 Å². The normalized spacial score (nSPS) is 12.6. The summed E-state index contributed by atoms with van der Waals surface area (Å²) in [6, 6.07) is 1.51. The summed E-state index contributed by atoms with van der Waals surface area (Å²) in [5.41, 5.74) is 5.92. The summed E-state index contributed by atoms with van der Waals surface area (Å²) in [4.78, 5) is 4.02. The minimum atomic E-state index is -3.41. The first-order valence-corrected chi connectivity index (χ1v) is 7.59. The molecule has 4 N–H and O–H groups in total. The van der Waals surface area contributed by atoms with Gasteiger partial charge in [0, 0.05) is 25.7 Å². The number of nitrogens with zero attached hydrogens (tertiary/aromatic N) is 2. The van der Waals surface area contributed by atoms with Crippen LogP contribution in [-0.2, 0) is 15.8 Å². The van der Waals surface area contributed by atoms with Crippen LogP contribution in [-0.4, -0.2) is 39.2 Å². The summed E-state index contributed by atoms with van der Waals surface area (Å²) in [5, 5.41) is 6.36. The molecule has 0 radical (unpaired) electrons. The highest BCUT2D eigenvalue weighted by Crippen LogP contribution is 2.00. The maximum absolute atomic E-state index is 11.6. The van der Waals surface area contributed by atoms with Crippen molar-refractivity contribution in [3.05, 3.63) is 18.0 Å². The van der Waals surface area contributed by atoms with Gasteiger partial charge in [-0.25, -0.2) is 13.1 Å². The minimum absolute atomic E-state index is 0.205. The third kappa shape index (κ3) is 6.77. The fourth-order valence-electron chi connectivity index (χ4n) is 1.24. The number of aliphatic imine (C=N–C) groups is 1. The molecule has 0 saturated heterocycles. The monoisotopic (exact) mass is 289 g/mol. The topological polar surface area (TPSA) is 123 Å². The molecule has 1 rings (SSSR count). The molecule has 0 spiro atoms. The van der Waals surface area contributed by atoms with Crippen molar-refractivity contribution in [3.63, 3.8) is 0 Å². The molecule has 0 atom stereocenters. The lowest BCUT2D eigenvalue weighted by molar-refractivity contribution is 0.413. The molecule has 0 amide bonds. The van der Waals surface area contributed by atoms with Crippen molar-refractivity contribution in [2.45, 2.75) is 19.1 Å². The lowest BCUT2D eigenvalue weighted by atomic mass is 10.5. The third-order valence-electron chi connectivity index (χ3n) is 2.09.